The minimum Gasteiger partial charge on any atom is -0.464 e. The van der Waals surface area contributed by atoms with E-state index in [0.717, 1.165) is 42.4 Å². The minimum atomic E-state index is -1.63. The highest BCUT2D eigenvalue weighted by molar-refractivity contribution is 6.08. The lowest BCUT2D eigenvalue weighted by atomic mass is 9.83. The molecule has 0 bridgehead atoms. The van der Waals surface area contributed by atoms with E-state index >= 15 is 0 Å². The van der Waals surface area contributed by atoms with Gasteiger partial charge in [-0.1, -0.05) is 38.0 Å². The Kier molecular flexibility index (Phi) is 6.73. The summed E-state index contributed by atoms with van der Waals surface area (Å²) in [5.74, 6) is -1.28. The topological polar surface area (TPSA) is 65.0 Å². The van der Waals surface area contributed by atoms with E-state index in [4.69, 9.17) is 9.47 Å². The molecule has 0 atom stereocenters. The number of unbranched alkanes of at least 4 members (excludes halogenated alkanes) is 2. The van der Waals surface area contributed by atoms with Gasteiger partial charge in [0.25, 0.3) is 5.54 Å². The molecule has 25 heavy (non-hydrogen) atoms. The maximum atomic E-state index is 12.6. The van der Waals surface area contributed by atoms with Crippen molar-refractivity contribution in [1.82, 2.24) is 0 Å². The zero-order valence-electron chi connectivity index (χ0n) is 15.3. The molecule has 0 aromatic heterocycles. The summed E-state index contributed by atoms with van der Waals surface area (Å²) in [5.41, 5.74) is 1.49. The molecule has 0 amide bonds. The average Bonchev–Trinajstić information content (AvgIpc) is 2.62. The van der Waals surface area contributed by atoms with Crippen LogP contribution in [0, 0.1) is 0 Å². The fourth-order valence-corrected chi connectivity index (χ4v) is 3.11. The van der Waals surface area contributed by atoms with Crippen LogP contribution in [0.1, 0.15) is 56.7 Å². The maximum Gasteiger partial charge on any atom is 0.346 e. The van der Waals surface area contributed by atoms with Gasteiger partial charge in [0.15, 0.2) is 0 Å². The Bertz CT molecular complexity index is 633. The van der Waals surface area contributed by atoms with Crippen LogP contribution in [0.5, 0.6) is 0 Å². The standard InChI is InChI=1S/C20H27NO4/c1-4-7-8-10-15-11-9-12-16-14-21-20(13-17(15)16,18(22)24-5-2)19(23)25-6-3/h9,11-12,14H,4-8,10,13H2,1-3H3. The molecule has 5 nitrogen and oxygen atoms in total. The molecule has 0 N–H and O–H groups in total. The van der Waals surface area contributed by atoms with Gasteiger partial charge < -0.3 is 9.47 Å². The fourth-order valence-electron chi connectivity index (χ4n) is 3.11. The summed E-state index contributed by atoms with van der Waals surface area (Å²) in [7, 11) is 0. The van der Waals surface area contributed by atoms with E-state index in [-0.39, 0.29) is 19.6 Å². The Balaban J connectivity index is 2.39. The van der Waals surface area contributed by atoms with Crippen molar-refractivity contribution in [1.29, 1.82) is 0 Å². The molecule has 0 radical (unpaired) electrons. The van der Waals surface area contributed by atoms with Crippen molar-refractivity contribution in [3.05, 3.63) is 34.9 Å². The van der Waals surface area contributed by atoms with Gasteiger partial charge in [-0.15, -0.1) is 0 Å². The summed E-state index contributed by atoms with van der Waals surface area (Å²) in [6, 6.07) is 6.02. The largest absolute Gasteiger partial charge is 0.464 e. The Morgan fingerprint density at radius 2 is 1.76 bits per heavy atom. The SMILES string of the molecule is CCCCCc1cccc2c1CC(C(=O)OCC)(C(=O)OCC)N=C2. The van der Waals surface area contributed by atoms with E-state index < -0.39 is 17.5 Å². The van der Waals surface area contributed by atoms with Crippen LogP contribution < -0.4 is 0 Å². The first-order valence-electron chi connectivity index (χ1n) is 9.09. The van der Waals surface area contributed by atoms with Crippen LogP contribution in [0.4, 0.5) is 0 Å². The van der Waals surface area contributed by atoms with Gasteiger partial charge in [-0.3, -0.25) is 4.99 Å². The number of esters is 2. The number of fused-ring (bicyclic) bond motifs is 1. The molecule has 5 heteroatoms. The number of ether oxygens (including phenoxy) is 2. The summed E-state index contributed by atoms with van der Waals surface area (Å²) in [5, 5.41) is 0. The summed E-state index contributed by atoms with van der Waals surface area (Å²) < 4.78 is 10.3. The first-order valence-corrected chi connectivity index (χ1v) is 9.09. The summed E-state index contributed by atoms with van der Waals surface area (Å²) in [4.78, 5) is 29.5. The smallest absolute Gasteiger partial charge is 0.346 e. The van der Waals surface area contributed by atoms with Crippen molar-refractivity contribution in [3.8, 4) is 0 Å². The number of carbonyl (C=O) groups is 2. The van der Waals surface area contributed by atoms with E-state index in [0.29, 0.717) is 0 Å². The van der Waals surface area contributed by atoms with Crippen LogP contribution in [-0.4, -0.2) is 36.9 Å². The lowest BCUT2D eigenvalue weighted by Gasteiger charge is -2.30. The monoisotopic (exact) mass is 345 g/mol. The Morgan fingerprint density at radius 3 is 2.36 bits per heavy atom. The van der Waals surface area contributed by atoms with Crippen LogP contribution >= 0.6 is 0 Å². The first-order chi connectivity index (χ1) is 12.1. The van der Waals surface area contributed by atoms with E-state index in [9.17, 15) is 9.59 Å². The van der Waals surface area contributed by atoms with Crippen LogP contribution in [-0.2, 0) is 31.9 Å². The highest BCUT2D eigenvalue weighted by atomic mass is 16.6. The Hall–Kier alpha value is -2.17. The predicted molar refractivity (Wildman–Crippen MR) is 97.0 cm³/mol. The first kappa shape index (κ1) is 19.2. The van der Waals surface area contributed by atoms with E-state index in [1.165, 1.54) is 0 Å². The third-order valence-electron chi connectivity index (χ3n) is 4.44. The van der Waals surface area contributed by atoms with Gasteiger partial charge in [-0.2, -0.15) is 0 Å². The molecule has 0 fully saturated rings. The second-order valence-corrected chi connectivity index (χ2v) is 6.18. The number of nitrogens with zero attached hydrogens (tertiary/aromatic N) is 1. The highest BCUT2D eigenvalue weighted by Crippen LogP contribution is 2.30. The van der Waals surface area contributed by atoms with E-state index in [1.54, 1.807) is 20.1 Å². The van der Waals surface area contributed by atoms with Gasteiger partial charge in [-0.05, 0) is 43.4 Å². The molecular formula is C20H27NO4. The third-order valence-corrected chi connectivity index (χ3v) is 4.44. The van der Waals surface area contributed by atoms with E-state index in [1.807, 2.05) is 12.1 Å². The summed E-state index contributed by atoms with van der Waals surface area (Å²) >= 11 is 0. The lowest BCUT2D eigenvalue weighted by molar-refractivity contribution is -0.163. The van der Waals surface area contributed by atoms with Crippen molar-refractivity contribution in [2.75, 3.05) is 13.2 Å². The average molecular weight is 345 g/mol. The molecule has 1 heterocycles. The van der Waals surface area contributed by atoms with Gasteiger partial charge in [0.2, 0.25) is 0 Å². The molecule has 1 aromatic rings. The molecular weight excluding hydrogens is 318 g/mol. The van der Waals surface area contributed by atoms with Crippen LogP contribution in [0.2, 0.25) is 0 Å². The molecule has 1 aliphatic rings. The molecule has 1 aliphatic heterocycles. The molecule has 0 unspecified atom stereocenters. The molecule has 136 valence electrons. The number of hydrogen-bond acceptors (Lipinski definition) is 5. The normalized spacial score (nSPS) is 14.7. The summed E-state index contributed by atoms with van der Waals surface area (Å²) in [6.45, 7) is 5.99. The number of aryl methyl sites for hydroxylation is 1. The van der Waals surface area contributed by atoms with Crippen molar-refractivity contribution in [3.63, 3.8) is 0 Å². The van der Waals surface area contributed by atoms with Crippen molar-refractivity contribution >= 4 is 18.2 Å². The molecule has 0 saturated heterocycles. The minimum absolute atomic E-state index is 0.193. The number of aliphatic imine (C=N–C) groups is 1. The quantitative estimate of drug-likeness (QED) is 0.412. The predicted octanol–water partition coefficient (Wildman–Crippen LogP) is 3.26. The van der Waals surface area contributed by atoms with Crippen LogP contribution in [0.3, 0.4) is 0 Å². The molecule has 0 aliphatic carbocycles. The van der Waals surface area contributed by atoms with Gasteiger partial charge in [0, 0.05) is 12.6 Å². The van der Waals surface area contributed by atoms with Crippen LogP contribution in [0.25, 0.3) is 0 Å². The molecule has 2 rings (SSSR count). The van der Waals surface area contributed by atoms with Gasteiger partial charge in [-0.25, -0.2) is 9.59 Å². The Labute approximate surface area is 149 Å². The second-order valence-electron chi connectivity index (χ2n) is 6.18. The number of benzene rings is 1. The van der Waals surface area contributed by atoms with Gasteiger partial charge >= 0.3 is 11.9 Å². The fraction of sp³-hybridized carbons (Fsp3) is 0.550. The summed E-state index contributed by atoms with van der Waals surface area (Å²) in [6.07, 6.45) is 6.10. The maximum absolute atomic E-state index is 12.6. The zero-order valence-corrected chi connectivity index (χ0v) is 15.3. The molecule has 1 aromatic carbocycles. The molecule has 0 spiro atoms. The second kappa shape index (κ2) is 8.79. The number of hydrogen-bond donors (Lipinski definition) is 0. The van der Waals surface area contributed by atoms with Crippen molar-refractivity contribution < 1.29 is 19.1 Å². The van der Waals surface area contributed by atoms with E-state index in [2.05, 4.69) is 18.0 Å². The van der Waals surface area contributed by atoms with Crippen molar-refractivity contribution in [2.45, 2.75) is 58.4 Å². The van der Waals surface area contributed by atoms with Crippen molar-refractivity contribution in [2.24, 2.45) is 4.99 Å². The molecule has 0 saturated carbocycles. The Morgan fingerprint density at radius 1 is 1.08 bits per heavy atom. The van der Waals surface area contributed by atoms with Crippen LogP contribution in [0.15, 0.2) is 23.2 Å². The van der Waals surface area contributed by atoms with Gasteiger partial charge in [0.1, 0.15) is 0 Å². The third kappa shape index (κ3) is 4.09. The highest BCUT2D eigenvalue weighted by Gasteiger charge is 2.50. The number of carbonyl (C=O) groups excluding carboxylic acids is 2. The number of rotatable bonds is 8. The zero-order chi connectivity index (χ0) is 18.3. The lowest BCUT2D eigenvalue weighted by Crippen LogP contribution is -2.51. The van der Waals surface area contributed by atoms with Gasteiger partial charge in [0.05, 0.1) is 13.2 Å².